The molecule has 0 aromatic carbocycles. The number of halogens is 1. The zero-order valence-corrected chi connectivity index (χ0v) is 10.2. The third kappa shape index (κ3) is 12.2. The molecule has 0 bridgehead atoms. The van der Waals surface area contributed by atoms with E-state index in [1.807, 2.05) is 0 Å². The summed E-state index contributed by atoms with van der Waals surface area (Å²) in [6, 6.07) is 0. The standard InChI is InChI=1S/C12H24ClO/c1-2-3-4-5-6-7-8-9-10-11-12(13)14/h12H,2-11H2,1H3. The quantitative estimate of drug-likeness (QED) is 0.368. The first kappa shape index (κ1) is 14.2. The smallest absolute Gasteiger partial charge is 0.166 e. The van der Waals surface area contributed by atoms with Crippen molar-refractivity contribution in [2.75, 3.05) is 0 Å². The van der Waals surface area contributed by atoms with Gasteiger partial charge in [0.05, 0.1) is 0 Å². The van der Waals surface area contributed by atoms with Gasteiger partial charge in [0.15, 0.2) is 5.56 Å². The molecule has 0 heterocycles. The molecule has 0 aliphatic rings. The highest BCUT2D eigenvalue weighted by molar-refractivity contribution is 6.19. The van der Waals surface area contributed by atoms with Crippen LogP contribution in [0.2, 0.25) is 0 Å². The van der Waals surface area contributed by atoms with E-state index in [4.69, 9.17) is 11.6 Å². The summed E-state index contributed by atoms with van der Waals surface area (Å²) in [5.41, 5.74) is -0.875. The fourth-order valence-electron chi connectivity index (χ4n) is 1.62. The van der Waals surface area contributed by atoms with Crippen molar-refractivity contribution in [1.29, 1.82) is 0 Å². The minimum Gasteiger partial charge on any atom is -0.216 e. The molecule has 0 aromatic rings. The zero-order chi connectivity index (χ0) is 10.6. The molecule has 1 atom stereocenters. The van der Waals surface area contributed by atoms with Gasteiger partial charge in [-0.25, -0.2) is 5.11 Å². The van der Waals surface area contributed by atoms with Crippen LogP contribution in [0.1, 0.15) is 71.1 Å². The van der Waals surface area contributed by atoms with Crippen LogP contribution in [-0.4, -0.2) is 5.56 Å². The maximum Gasteiger partial charge on any atom is 0.166 e. The number of hydrogen-bond acceptors (Lipinski definition) is 0. The van der Waals surface area contributed by atoms with Crippen molar-refractivity contribution in [3.63, 3.8) is 0 Å². The van der Waals surface area contributed by atoms with Crippen LogP contribution in [0.15, 0.2) is 0 Å². The molecule has 1 radical (unpaired) electrons. The predicted molar refractivity (Wildman–Crippen MR) is 62.2 cm³/mol. The first-order valence-electron chi connectivity index (χ1n) is 6.07. The van der Waals surface area contributed by atoms with Crippen molar-refractivity contribution in [2.24, 2.45) is 0 Å². The van der Waals surface area contributed by atoms with Gasteiger partial charge < -0.3 is 0 Å². The van der Waals surface area contributed by atoms with E-state index in [1.165, 1.54) is 51.4 Å². The minimum absolute atomic E-state index is 0.636. The lowest BCUT2D eigenvalue weighted by atomic mass is 10.1. The van der Waals surface area contributed by atoms with Gasteiger partial charge in [-0.05, 0) is 12.8 Å². The fraction of sp³-hybridized carbons (Fsp3) is 1.00. The van der Waals surface area contributed by atoms with Crippen molar-refractivity contribution in [3.05, 3.63) is 0 Å². The summed E-state index contributed by atoms with van der Waals surface area (Å²) in [6.07, 6.45) is 12.3. The summed E-state index contributed by atoms with van der Waals surface area (Å²) in [5.74, 6) is 0. The Morgan fingerprint density at radius 1 is 0.857 bits per heavy atom. The van der Waals surface area contributed by atoms with E-state index in [9.17, 15) is 5.11 Å². The van der Waals surface area contributed by atoms with Crippen LogP contribution in [0.25, 0.3) is 0 Å². The Morgan fingerprint density at radius 2 is 1.29 bits per heavy atom. The van der Waals surface area contributed by atoms with Crippen molar-refractivity contribution in [2.45, 2.75) is 76.7 Å². The average molecular weight is 220 g/mol. The number of alkyl halides is 1. The molecule has 0 saturated heterocycles. The van der Waals surface area contributed by atoms with E-state index in [0.29, 0.717) is 6.42 Å². The second-order valence-corrected chi connectivity index (χ2v) is 4.51. The SMILES string of the molecule is CCCCCCCCCCCC([O])Cl. The molecule has 1 unspecified atom stereocenters. The molecule has 14 heavy (non-hydrogen) atoms. The number of unbranched alkanes of at least 4 members (excludes halogenated alkanes) is 8. The molecule has 0 aliphatic carbocycles. The average Bonchev–Trinajstić information content (AvgIpc) is 2.15. The summed E-state index contributed by atoms with van der Waals surface area (Å²) in [4.78, 5) is 0. The van der Waals surface area contributed by atoms with E-state index in [2.05, 4.69) is 6.92 Å². The van der Waals surface area contributed by atoms with Gasteiger partial charge in [0.1, 0.15) is 0 Å². The molecule has 85 valence electrons. The molecule has 1 nitrogen and oxygen atoms in total. The van der Waals surface area contributed by atoms with Crippen LogP contribution in [0, 0.1) is 0 Å². The lowest BCUT2D eigenvalue weighted by molar-refractivity contribution is 0.148. The maximum atomic E-state index is 10.5. The number of hydrogen-bond donors (Lipinski definition) is 0. The second kappa shape index (κ2) is 11.3. The molecular weight excluding hydrogens is 196 g/mol. The van der Waals surface area contributed by atoms with E-state index in [1.54, 1.807) is 0 Å². The van der Waals surface area contributed by atoms with Gasteiger partial charge in [0, 0.05) is 0 Å². The Bertz CT molecular complexity index is 104. The van der Waals surface area contributed by atoms with Gasteiger partial charge in [-0.15, -0.1) is 0 Å². The van der Waals surface area contributed by atoms with Crippen molar-refractivity contribution in [3.8, 4) is 0 Å². The van der Waals surface area contributed by atoms with Gasteiger partial charge in [0.25, 0.3) is 0 Å². The second-order valence-electron chi connectivity index (χ2n) is 4.03. The Labute approximate surface area is 93.9 Å². The maximum absolute atomic E-state index is 10.5. The van der Waals surface area contributed by atoms with Gasteiger partial charge in [-0.2, -0.15) is 0 Å². The Hall–Kier alpha value is 0.250. The first-order valence-corrected chi connectivity index (χ1v) is 6.51. The molecule has 0 N–H and O–H groups in total. The van der Waals surface area contributed by atoms with Gasteiger partial charge in [-0.1, -0.05) is 69.9 Å². The van der Waals surface area contributed by atoms with Crippen molar-refractivity contribution in [1.82, 2.24) is 0 Å². The lowest BCUT2D eigenvalue weighted by Gasteiger charge is -2.01. The van der Waals surface area contributed by atoms with Crippen LogP contribution >= 0.6 is 11.6 Å². The number of rotatable bonds is 10. The zero-order valence-electron chi connectivity index (χ0n) is 9.43. The molecule has 0 aromatic heterocycles. The van der Waals surface area contributed by atoms with E-state index in [-0.39, 0.29) is 0 Å². The highest BCUT2D eigenvalue weighted by Gasteiger charge is 1.98. The van der Waals surface area contributed by atoms with E-state index < -0.39 is 5.56 Å². The monoisotopic (exact) mass is 219 g/mol. The summed E-state index contributed by atoms with van der Waals surface area (Å²) in [6.45, 7) is 2.24. The van der Waals surface area contributed by atoms with Crippen LogP contribution < -0.4 is 0 Å². The molecule has 0 amide bonds. The normalized spacial score (nSPS) is 13.1. The Morgan fingerprint density at radius 3 is 1.71 bits per heavy atom. The van der Waals surface area contributed by atoms with Gasteiger partial charge >= 0.3 is 0 Å². The van der Waals surface area contributed by atoms with Crippen LogP contribution in [-0.2, 0) is 5.11 Å². The third-order valence-electron chi connectivity index (χ3n) is 2.53. The van der Waals surface area contributed by atoms with Crippen molar-refractivity contribution >= 4 is 11.6 Å². The first-order chi connectivity index (χ1) is 6.77. The van der Waals surface area contributed by atoms with E-state index in [0.717, 1.165) is 6.42 Å². The topological polar surface area (TPSA) is 19.9 Å². The Kier molecular flexibility index (Phi) is 11.5. The van der Waals surface area contributed by atoms with Gasteiger partial charge in [-0.3, -0.25) is 0 Å². The third-order valence-corrected chi connectivity index (χ3v) is 2.75. The van der Waals surface area contributed by atoms with Crippen LogP contribution in [0.5, 0.6) is 0 Å². The molecular formula is C12H24ClO. The molecule has 0 rings (SSSR count). The highest BCUT2D eigenvalue weighted by Crippen LogP contribution is 2.12. The van der Waals surface area contributed by atoms with Crippen LogP contribution in [0.3, 0.4) is 0 Å². The van der Waals surface area contributed by atoms with Crippen LogP contribution in [0.4, 0.5) is 0 Å². The van der Waals surface area contributed by atoms with Gasteiger partial charge in [0.2, 0.25) is 0 Å². The summed E-state index contributed by atoms with van der Waals surface area (Å²) in [5, 5.41) is 10.5. The molecule has 2 heteroatoms. The van der Waals surface area contributed by atoms with Crippen molar-refractivity contribution < 1.29 is 5.11 Å². The molecule has 0 aliphatic heterocycles. The molecule has 0 fully saturated rings. The minimum atomic E-state index is -0.875. The molecule has 0 saturated carbocycles. The van der Waals surface area contributed by atoms with E-state index >= 15 is 0 Å². The largest absolute Gasteiger partial charge is 0.216 e. The predicted octanol–water partition coefficient (Wildman–Crippen LogP) is 4.90. The summed E-state index contributed by atoms with van der Waals surface area (Å²) >= 11 is 5.32. The molecule has 0 spiro atoms. The fourth-order valence-corrected chi connectivity index (χ4v) is 1.77. The summed E-state index contributed by atoms with van der Waals surface area (Å²) in [7, 11) is 0. The Balaban J connectivity index is 2.85. The lowest BCUT2D eigenvalue weighted by Crippen LogP contribution is -1.92. The highest BCUT2D eigenvalue weighted by atomic mass is 35.5. The summed E-state index contributed by atoms with van der Waals surface area (Å²) < 4.78 is 0.